The van der Waals surface area contributed by atoms with Gasteiger partial charge >= 0.3 is 0 Å². The van der Waals surface area contributed by atoms with Gasteiger partial charge in [0.15, 0.2) is 5.79 Å². The number of benzene rings is 1. The molecular formula is C12H16O3. The van der Waals surface area contributed by atoms with Gasteiger partial charge in [0, 0.05) is 5.56 Å². The van der Waals surface area contributed by atoms with Crippen molar-refractivity contribution in [3.05, 3.63) is 29.3 Å². The van der Waals surface area contributed by atoms with Crippen LogP contribution in [0.15, 0.2) is 18.2 Å². The van der Waals surface area contributed by atoms with Gasteiger partial charge in [-0.1, -0.05) is 0 Å². The molecule has 1 heterocycles. The average Bonchev–Trinajstić information content (AvgIpc) is 2.65. The summed E-state index contributed by atoms with van der Waals surface area (Å²) < 4.78 is 16.4. The molecule has 3 heteroatoms. The van der Waals surface area contributed by atoms with Gasteiger partial charge in [-0.2, -0.15) is 0 Å². The third kappa shape index (κ3) is 1.85. The third-order valence-electron chi connectivity index (χ3n) is 2.76. The summed E-state index contributed by atoms with van der Waals surface area (Å²) in [5.41, 5.74) is 2.19. The van der Waals surface area contributed by atoms with Crippen molar-refractivity contribution in [1.82, 2.24) is 0 Å². The van der Waals surface area contributed by atoms with Gasteiger partial charge in [0.25, 0.3) is 0 Å². The minimum Gasteiger partial charge on any atom is -0.497 e. The fourth-order valence-electron chi connectivity index (χ4n) is 1.94. The van der Waals surface area contributed by atoms with E-state index in [1.165, 1.54) is 0 Å². The Morgan fingerprint density at radius 2 is 1.93 bits per heavy atom. The van der Waals surface area contributed by atoms with Crippen LogP contribution in [0.1, 0.15) is 18.1 Å². The SMILES string of the molecule is COc1ccc(C2(C)OCCO2)c(C)c1. The first-order chi connectivity index (χ1) is 7.15. The summed E-state index contributed by atoms with van der Waals surface area (Å²) in [7, 11) is 1.67. The lowest BCUT2D eigenvalue weighted by Gasteiger charge is -2.24. The summed E-state index contributed by atoms with van der Waals surface area (Å²) in [5, 5.41) is 0. The molecule has 15 heavy (non-hydrogen) atoms. The van der Waals surface area contributed by atoms with Gasteiger partial charge in [-0.05, 0) is 37.6 Å². The maximum Gasteiger partial charge on any atom is 0.192 e. The van der Waals surface area contributed by atoms with Crippen molar-refractivity contribution in [2.75, 3.05) is 20.3 Å². The van der Waals surface area contributed by atoms with Gasteiger partial charge < -0.3 is 14.2 Å². The molecule has 0 N–H and O–H groups in total. The van der Waals surface area contributed by atoms with E-state index >= 15 is 0 Å². The van der Waals surface area contributed by atoms with Crippen molar-refractivity contribution in [2.24, 2.45) is 0 Å². The van der Waals surface area contributed by atoms with Crippen molar-refractivity contribution < 1.29 is 14.2 Å². The highest BCUT2D eigenvalue weighted by Crippen LogP contribution is 2.34. The Hall–Kier alpha value is -1.06. The maximum atomic E-state index is 5.62. The molecule has 3 nitrogen and oxygen atoms in total. The van der Waals surface area contributed by atoms with Gasteiger partial charge in [0.2, 0.25) is 0 Å². The molecule has 0 bridgehead atoms. The summed E-state index contributed by atoms with van der Waals surface area (Å²) in [6, 6.07) is 5.92. The highest BCUT2D eigenvalue weighted by atomic mass is 16.7. The number of aryl methyl sites for hydroxylation is 1. The highest BCUT2D eigenvalue weighted by Gasteiger charge is 2.34. The quantitative estimate of drug-likeness (QED) is 0.746. The van der Waals surface area contributed by atoms with Crippen molar-refractivity contribution in [1.29, 1.82) is 0 Å². The Kier molecular flexibility index (Phi) is 2.67. The molecule has 0 aromatic heterocycles. The summed E-state index contributed by atoms with van der Waals surface area (Å²) in [6.45, 7) is 5.30. The fourth-order valence-corrected chi connectivity index (χ4v) is 1.94. The minimum absolute atomic E-state index is 0.587. The van der Waals surface area contributed by atoms with Crippen LogP contribution < -0.4 is 4.74 Å². The second-order valence-corrected chi connectivity index (χ2v) is 3.82. The van der Waals surface area contributed by atoms with Crippen LogP contribution in [0.3, 0.4) is 0 Å². The Labute approximate surface area is 90.0 Å². The average molecular weight is 208 g/mol. The predicted molar refractivity (Wildman–Crippen MR) is 57.0 cm³/mol. The van der Waals surface area contributed by atoms with E-state index in [2.05, 4.69) is 0 Å². The second kappa shape index (κ2) is 3.83. The largest absolute Gasteiger partial charge is 0.497 e. The number of rotatable bonds is 2. The molecule has 0 aliphatic carbocycles. The zero-order valence-electron chi connectivity index (χ0n) is 9.37. The van der Waals surface area contributed by atoms with E-state index in [1.54, 1.807) is 7.11 Å². The summed E-state index contributed by atoms with van der Waals surface area (Å²) in [6.07, 6.45) is 0. The van der Waals surface area contributed by atoms with Crippen LogP contribution >= 0.6 is 0 Å². The molecule has 1 saturated heterocycles. The van der Waals surface area contributed by atoms with E-state index in [0.29, 0.717) is 13.2 Å². The lowest BCUT2D eigenvalue weighted by molar-refractivity contribution is -0.150. The van der Waals surface area contributed by atoms with Crippen LogP contribution in [0, 0.1) is 6.92 Å². The van der Waals surface area contributed by atoms with Gasteiger partial charge in [0.1, 0.15) is 5.75 Å². The van der Waals surface area contributed by atoms with Crippen LogP contribution in [-0.2, 0) is 15.3 Å². The Bertz CT molecular complexity index is 354. The molecule has 1 aliphatic rings. The Morgan fingerprint density at radius 1 is 1.27 bits per heavy atom. The number of methoxy groups -OCH3 is 1. The van der Waals surface area contributed by atoms with Crippen molar-refractivity contribution in [2.45, 2.75) is 19.6 Å². The Balaban J connectivity index is 2.36. The molecule has 1 aromatic carbocycles. The van der Waals surface area contributed by atoms with Crippen molar-refractivity contribution >= 4 is 0 Å². The van der Waals surface area contributed by atoms with Gasteiger partial charge in [0.05, 0.1) is 20.3 Å². The smallest absolute Gasteiger partial charge is 0.192 e. The first-order valence-corrected chi connectivity index (χ1v) is 5.09. The Morgan fingerprint density at radius 3 is 2.47 bits per heavy atom. The van der Waals surface area contributed by atoms with E-state index in [0.717, 1.165) is 16.9 Å². The van der Waals surface area contributed by atoms with E-state index in [9.17, 15) is 0 Å². The van der Waals surface area contributed by atoms with Crippen molar-refractivity contribution in [3.63, 3.8) is 0 Å². The zero-order chi connectivity index (χ0) is 10.9. The molecule has 0 radical (unpaired) electrons. The van der Waals surface area contributed by atoms with Gasteiger partial charge in [-0.3, -0.25) is 0 Å². The molecule has 0 atom stereocenters. The number of ether oxygens (including phenoxy) is 3. The van der Waals surface area contributed by atoms with Gasteiger partial charge in [-0.25, -0.2) is 0 Å². The molecule has 2 rings (SSSR count). The van der Waals surface area contributed by atoms with E-state index in [4.69, 9.17) is 14.2 Å². The topological polar surface area (TPSA) is 27.7 Å². The molecule has 1 aliphatic heterocycles. The first kappa shape index (κ1) is 10.5. The maximum absolute atomic E-state index is 5.62. The van der Waals surface area contributed by atoms with Crippen LogP contribution in [0.5, 0.6) is 5.75 Å². The molecule has 82 valence electrons. The molecular weight excluding hydrogens is 192 g/mol. The molecule has 0 unspecified atom stereocenters. The molecule has 1 fully saturated rings. The van der Waals surface area contributed by atoms with E-state index in [1.807, 2.05) is 32.0 Å². The predicted octanol–water partition coefficient (Wildman–Crippen LogP) is 2.22. The lowest BCUT2D eigenvalue weighted by atomic mass is 10.0. The highest BCUT2D eigenvalue weighted by molar-refractivity contribution is 5.37. The van der Waals surface area contributed by atoms with Crippen LogP contribution in [-0.4, -0.2) is 20.3 Å². The normalized spacial score (nSPS) is 19.1. The molecule has 0 spiro atoms. The van der Waals surface area contributed by atoms with Crippen LogP contribution in [0.4, 0.5) is 0 Å². The van der Waals surface area contributed by atoms with Crippen LogP contribution in [0.25, 0.3) is 0 Å². The van der Waals surface area contributed by atoms with E-state index in [-0.39, 0.29) is 0 Å². The number of hydrogen-bond acceptors (Lipinski definition) is 3. The summed E-state index contributed by atoms with van der Waals surface area (Å²) in [5.74, 6) is 0.272. The van der Waals surface area contributed by atoms with E-state index < -0.39 is 5.79 Å². The third-order valence-corrected chi connectivity index (χ3v) is 2.76. The molecule has 0 amide bonds. The molecule has 1 aromatic rings. The second-order valence-electron chi connectivity index (χ2n) is 3.82. The monoisotopic (exact) mass is 208 g/mol. The van der Waals surface area contributed by atoms with Crippen molar-refractivity contribution in [3.8, 4) is 5.75 Å². The minimum atomic E-state index is -0.587. The molecule has 0 saturated carbocycles. The fraction of sp³-hybridized carbons (Fsp3) is 0.500. The lowest BCUT2D eigenvalue weighted by Crippen LogP contribution is -2.23. The zero-order valence-corrected chi connectivity index (χ0v) is 9.37. The number of hydrogen-bond donors (Lipinski definition) is 0. The standard InChI is InChI=1S/C12H16O3/c1-9-8-10(13-3)4-5-11(9)12(2)14-6-7-15-12/h4-5,8H,6-7H2,1-3H3. The summed E-state index contributed by atoms with van der Waals surface area (Å²) in [4.78, 5) is 0. The first-order valence-electron chi connectivity index (χ1n) is 5.09. The van der Waals surface area contributed by atoms with Gasteiger partial charge in [-0.15, -0.1) is 0 Å². The van der Waals surface area contributed by atoms with Crippen LogP contribution in [0.2, 0.25) is 0 Å². The summed E-state index contributed by atoms with van der Waals surface area (Å²) >= 11 is 0.